The van der Waals surface area contributed by atoms with Crippen molar-refractivity contribution in [3.05, 3.63) is 35.6 Å². The standard InChI is InChI=1S/C14H23FN4O2S/c1-4-22(20,21)18-9-8-17-14(16-2)19(3)11-12-6-5-7-13(15)10-12/h5-7,10,18H,4,8-9,11H2,1-3H3,(H,16,17). The van der Waals surface area contributed by atoms with E-state index in [0.29, 0.717) is 19.0 Å². The molecule has 6 nitrogen and oxygen atoms in total. The smallest absolute Gasteiger partial charge is 0.211 e. The molecule has 0 atom stereocenters. The first-order chi connectivity index (χ1) is 10.4. The summed E-state index contributed by atoms with van der Waals surface area (Å²) in [6, 6.07) is 6.37. The van der Waals surface area contributed by atoms with Gasteiger partial charge in [-0.2, -0.15) is 0 Å². The summed E-state index contributed by atoms with van der Waals surface area (Å²) in [5.74, 6) is 0.393. The summed E-state index contributed by atoms with van der Waals surface area (Å²) in [5.41, 5.74) is 0.831. The number of halogens is 1. The Balaban J connectivity index is 2.47. The molecule has 0 fully saturated rings. The lowest BCUT2D eigenvalue weighted by molar-refractivity contribution is 0.475. The van der Waals surface area contributed by atoms with E-state index in [1.54, 1.807) is 20.0 Å². The Labute approximate surface area is 131 Å². The van der Waals surface area contributed by atoms with E-state index in [2.05, 4.69) is 15.0 Å². The van der Waals surface area contributed by atoms with Gasteiger partial charge in [0.05, 0.1) is 5.75 Å². The van der Waals surface area contributed by atoms with Crippen molar-refractivity contribution in [2.45, 2.75) is 13.5 Å². The zero-order valence-electron chi connectivity index (χ0n) is 13.1. The van der Waals surface area contributed by atoms with Crippen molar-refractivity contribution in [2.24, 2.45) is 4.99 Å². The van der Waals surface area contributed by atoms with Crippen molar-refractivity contribution in [2.75, 3.05) is 32.9 Å². The second-order valence-electron chi connectivity index (χ2n) is 4.76. The van der Waals surface area contributed by atoms with Gasteiger partial charge in [0.2, 0.25) is 10.0 Å². The van der Waals surface area contributed by atoms with Gasteiger partial charge in [-0.15, -0.1) is 0 Å². The van der Waals surface area contributed by atoms with Crippen LogP contribution < -0.4 is 10.0 Å². The molecular formula is C14H23FN4O2S. The molecule has 1 aromatic carbocycles. The fraction of sp³-hybridized carbons (Fsp3) is 0.500. The highest BCUT2D eigenvalue weighted by Crippen LogP contribution is 2.06. The summed E-state index contributed by atoms with van der Waals surface area (Å²) in [7, 11) is 0.286. The predicted molar refractivity (Wildman–Crippen MR) is 86.7 cm³/mol. The number of guanidine groups is 1. The van der Waals surface area contributed by atoms with Crippen molar-refractivity contribution in [1.82, 2.24) is 14.9 Å². The Morgan fingerprint density at radius 2 is 2.09 bits per heavy atom. The maximum Gasteiger partial charge on any atom is 0.211 e. The first kappa shape index (κ1) is 18.4. The molecule has 0 heterocycles. The second-order valence-corrected chi connectivity index (χ2v) is 6.85. The number of sulfonamides is 1. The van der Waals surface area contributed by atoms with Crippen LogP contribution in [0.15, 0.2) is 29.3 Å². The number of hydrogen-bond donors (Lipinski definition) is 2. The van der Waals surface area contributed by atoms with Crippen LogP contribution in [0.25, 0.3) is 0 Å². The third-order valence-electron chi connectivity index (χ3n) is 2.99. The maximum atomic E-state index is 13.2. The van der Waals surface area contributed by atoms with Crippen LogP contribution in [0.1, 0.15) is 12.5 Å². The average molecular weight is 330 g/mol. The van der Waals surface area contributed by atoms with Crippen LogP contribution in [-0.4, -0.2) is 52.2 Å². The van der Waals surface area contributed by atoms with Crippen LogP contribution in [-0.2, 0) is 16.6 Å². The molecule has 8 heteroatoms. The van der Waals surface area contributed by atoms with Gasteiger partial charge < -0.3 is 10.2 Å². The normalized spacial score (nSPS) is 12.3. The van der Waals surface area contributed by atoms with Gasteiger partial charge in [-0.1, -0.05) is 12.1 Å². The van der Waals surface area contributed by atoms with Gasteiger partial charge in [0.1, 0.15) is 5.82 Å². The van der Waals surface area contributed by atoms with E-state index in [1.165, 1.54) is 12.1 Å². The summed E-state index contributed by atoms with van der Waals surface area (Å²) in [4.78, 5) is 5.96. The zero-order chi connectivity index (χ0) is 16.6. The van der Waals surface area contributed by atoms with Gasteiger partial charge >= 0.3 is 0 Å². The molecule has 124 valence electrons. The molecule has 1 aromatic rings. The fourth-order valence-corrected chi connectivity index (χ4v) is 2.47. The molecule has 22 heavy (non-hydrogen) atoms. The summed E-state index contributed by atoms with van der Waals surface area (Å²) in [6.45, 7) is 2.78. The molecule has 0 saturated heterocycles. The SMILES string of the molecule is CCS(=O)(=O)NCCNC(=NC)N(C)Cc1cccc(F)c1. The molecule has 1 rings (SSSR count). The molecule has 0 unspecified atom stereocenters. The largest absolute Gasteiger partial charge is 0.355 e. The van der Waals surface area contributed by atoms with E-state index in [-0.39, 0.29) is 18.1 Å². The number of aliphatic imine (C=N–C) groups is 1. The topological polar surface area (TPSA) is 73.8 Å². The second kappa shape index (κ2) is 8.70. The van der Waals surface area contributed by atoms with Crippen LogP contribution in [0.3, 0.4) is 0 Å². The Kier molecular flexibility index (Phi) is 7.26. The van der Waals surface area contributed by atoms with Crippen molar-refractivity contribution < 1.29 is 12.8 Å². The number of benzene rings is 1. The van der Waals surface area contributed by atoms with Gasteiger partial charge in [-0.25, -0.2) is 17.5 Å². The quantitative estimate of drug-likeness (QED) is 0.440. The van der Waals surface area contributed by atoms with Crippen LogP contribution >= 0.6 is 0 Å². The van der Waals surface area contributed by atoms with Crippen LogP contribution in [0, 0.1) is 5.82 Å². The predicted octanol–water partition coefficient (Wildman–Crippen LogP) is 0.772. The average Bonchev–Trinajstić information content (AvgIpc) is 2.47. The van der Waals surface area contributed by atoms with E-state index in [4.69, 9.17) is 0 Å². The summed E-state index contributed by atoms with van der Waals surface area (Å²) < 4.78 is 38.2. The van der Waals surface area contributed by atoms with Gasteiger partial charge in [0, 0.05) is 33.7 Å². The van der Waals surface area contributed by atoms with E-state index in [1.807, 2.05) is 18.0 Å². The molecule has 0 saturated carbocycles. The number of rotatable bonds is 7. The van der Waals surface area contributed by atoms with E-state index < -0.39 is 10.0 Å². The summed E-state index contributed by atoms with van der Waals surface area (Å²) in [6.07, 6.45) is 0. The van der Waals surface area contributed by atoms with Gasteiger partial charge in [-0.3, -0.25) is 4.99 Å². The monoisotopic (exact) mass is 330 g/mol. The molecule has 0 aliphatic carbocycles. The summed E-state index contributed by atoms with van der Waals surface area (Å²) >= 11 is 0. The Hall–Kier alpha value is -1.67. The van der Waals surface area contributed by atoms with E-state index in [0.717, 1.165) is 5.56 Å². The molecule has 0 bridgehead atoms. The maximum absolute atomic E-state index is 13.2. The molecule has 0 aliphatic heterocycles. The number of hydrogen-bond acceptors (Lipinski definition) is 3. The lowest BCUT2D eigenvalue weighted by atomic mass is 10.2. The van der Waals surface area contributed by atoms with Crippen molar-refractivity contribution in [3.63, 3.8) is 0 Å². The van der Waals surface area contributed by atoms with Gasteiger partial charge in [0.15, 0.2) is 5.96 Å². The fourth-order valence-electron chi connectivity index (χ4n) is 1.85. The highest BCUT2D eigenvalue weighted by atomic mass is 32.2. The molecule has 0 spiro atoms. The van der Waals surface area contributed by atoms with Crippen molar-refractivity contribution in [1.29, 1.82) is 0 Å². The van der Waals surface area contributed by atoms with Gasteiger partial charge in [0.25, 0.3) is 0 Å². The minimum absolute atomic E-state index is 0.0567. The van der Waals surface area contributed by atoms with E-state index in [9.17, 15) is 12.8 Å². The van der Waals surface area contributed by atoms with E-state index >= 15 is 0 Å². The summed E-state index contributed by atoms with van der Waals surface area (Å²) in [5, 5.41) is 3.06. The Morgan fingerprint density at radius 3 is 2.68 bits per heavy atom. The molecule has 2 N–H and O–H groups in total. The van der Waals surface area contributed by atoms with Crippen LogP contribution in [0.2, 0.25) is 0 Å². The minimum atomic E-state index is -3.18. The molecule has 0 amide bonds. The highest BCUT2D eigenvalue weighted by molar-refractivity contribution is 7.89. The van der Waals surface area contributed by atoms with Gasteiger partial charge in [-0.05, 0) is 24.6 Å². The van der Waals surface area contributed by atoms with Crippen molar-refractivity contribution >= 4 is 16.0 Å². The third kappa shape index (κ3) is 6.40. The third-order valence-corrected chi connectivity index (χ3v) is 4.40. The molecular weight excluding hydrogens is 307 g/mol. The molecule has 0 aromatic heterocycles. The first-order valence-electron chi connectivity index (χ1n) is 7.01. The lowest BCUT2D eigenvalue weighted by Gasteiger charge is -2.22. The van der Waals surface area contributed by atoms with Crippen molar-refractivity contribution in [3.8, 4) is 0 Å². The number of nitrogens with one attached hydrogen (secondary N) is 2. The Bertz CT molecular complexity index is 605. The zero-order valence-corrected chi connectivity index (χ0v) is 14.0. The number of nitrogens with zero attached hydrogens (tertiary/aromatic N) is 2. The molecule has 0 aliphatic rings. The molecule has 0 radical (unpaired) electrons. The Morgan fingerprint density at radius 1 is 1.36 bits per heavy atom. The van der Waals surface area contributed by atoms with Crippen LogP contribution in [0.4, 0.5) is 4.39 Å². The lowest BCUT2D eigenvalue weighted by Crippen LogP contribution is -2.42. The van der Waals surface area contributed by atoms with Crippen LogP contribution in [0.5, 0.6) is 0 Å². The first-order valence-corrected chi connectivity index (χ1v) is 8.66. The minimum Gasteiger partial charge on any atom is -0.355 e. The highest BCUT2D eigenvalue weighted by Gasteiger charge is 2.08.